The van der Waals surface area contributed by atoms with Gasteiger partial charge in [-0.05, 0) is 62.7 Å². The first-order valence-corrected chi connectivity index (χ1v) is 13.8. The number of rotatable bonds is 7. The number of nitrogens with zero attached hydrogens (tertiary/aromatic N) is 5. The minimum atomic E-state index is -1.21. The van der Waals surface area contributed by atoms with E-state index in [1.54, 1.807) is 0 Å². The van der Waals surface area contributed by atoms with E-state index >= 15 is 0 Å². The van der Waals surface area contributed by atoms with Gasteiger partial charge in [0.25, 0.3) is 0 Å². The molecular weight excluding hydrogens is 470 g/mol. The Morgan fingerprint density at radius 3 is 2.38 bits per heavy atom. The van der Waals surface area contributed by atoms with E-state index < -0.39 is 16.8 Å². The number of nitrogens with one attached hydrogen (secondary N) is 2. The lowest BCUT2D eigenvalue weighted by Crippen LogP contribution is -2.40. The number of imidazole rings is 1. The van der Waals surface area contributed by atoms with Gasteiger partial charge in [-0.2, -0.15) is 0 Å². The lowest BCUT2D eigenvalue weighted by atomic mass is 9.77. The molecule has 202 valence electrons. The Morgan fingerprint density at radius 1 is 1.11 bits per heavy atom. The van der Waals surface area contributed by atoms with Gasteiger partial charge in [-0.1, -0.05) is 52.1 Å². The summed E-state index contributed by atoms with van der Waals surface area (Å²) in [6, 6.07) is 0.210. The normalized spacial score (nSPS) is 23.5. The van der Waals surface area contributed by atoms with Crippen LogP contribution in [0.5, 0.6) is 0 Å². The minimum Gasteiger partial charge on any atom is -0.382 e. The first kappa shape index (κ1) is 25.9. The van der Waals surface area contributed by atoms with Gasteiger partial charge in [0.2, 0.25) is 11.6 Å². The molecule has 3 heterocycles. The zero-order valence-corrected chi connectivity index (χ0v) is 23.0. The van der Waals surface area contributed by atoms with Crippen LogP contribution in [-0.4, -0.2) is 40.8 Å². The van der Waals surface area contributed by atoms with Crippen LogP contribution >= 0.6 is 0 Å². The molecule has 3 aromatic rings. The summed E-state index contributed by atoms with van der Waals surface area (Å²) >= 11 is 0. The Labute approximate surface area is 217 Å². The van der Waals surface area contributed by atoms with Gasteiger partial charge in [0, 0.05) is 12.6 Å². The molecule has 37 heavy (non-hydrogen) atoms. The number of aliphatic hydroxyl groups is 1. The zero-order valence-electron chi connectivity index (χ0n) is 23.0. The average Bonchev–Trinajstić information content (AvgIpc) is 3.37. The molecule has 2 atom stereocenters. The number of H-pyrrole nitrogens is 1. The number of anilines is 1. The molecule has 1 unspecified atom stereocenters. The van der Waals surface area contributed by atoms with E-state index in [0.717, 1.165) is 30.8 Å². The van der Waals surface area contributed by atoms with Crippen molar-refractivity contribution in [2.24, 2.45) is 23.2 Å². The maximum absolute atomic E-state index is 11.8. The fraction of sp³-hybridized carbons (Fsp3) is 0.741. The highest BCUT2D eigenvalue weighted by atomic mass is 16.5. The molecule has 0 saturated heterocycles. The molecule has 3 aromatic heterocycles. The van der Waals surface area contributed by atoms with Crippen LogP contribution in [0, 0.1) is 23.2 Å². The summed E-state index contributed by atoms with van der Waals surface area (Å²) in [4.78, 5) is 28.7. The zero-order chi connectivity index (χ0) is 26.5. The van der Waals surface area contributed by atoms with Crippen LogP contribution in [0.15, 0.2) is 9.32 Å². The molecule has 0 spiro atoms. The molecule has 2 aliphatic carbocycles. The van der Waals surface area contributed by atoms with Gasteiger partial charge in [-0.3, -0.25) is 9.51 Å². The number of aromatic amines is 1. The molecular formula is C27H41N7O3. The molecule has 3 N–H and O–H groups in total. The monoisotopic (exact) mass is 511 g/mol. The van der Waals surface area contributed by atoms with Crippen molar-refractivity contribution in [2.75, 3.05) is 5.32 Å². The smallest absolute Gasteiger partial charge is 0.382 e. The predicted octanol–water partition coefficient (Wildman–Crippen LogP) is 4.85. The van der Waals surface area contributed by atoms with Crippen LogP contribution < -0.4 is 11.1 Å². The van der Waals surface area contributed by atoms with Crippen molar-refractivity contribution < 1.29 is 9.63 Å². The predicted molar refractivity (Wildman–Crippen MR) is 142 cm³/mol. The van der Waals surface area contributed by atoms with Gasteiger partial charge in [-0.15, -0.1) is 0 Å². The Kier molecular flexibility index (Phi) is 6.66. The molecule has 10 heteroatoms. The van der Waals surface area contributed by atoms with Crippen LogP contribution in [0.2, 0.25) is 0 Å². The van der Waals surface area contributed by atoms with Crippen molar-refractivity contribution in [2.45, 2.75) is 105 Å². The standard InChI is InChI=1S/C27H41N7O3/c1-15-10-12-17(13-11-15)14-34-19-20(28-16(2)18-8-7-9-18)29-22(23-32-25(35)37-33-23)30-21(19)31-24(34)27(6,36)26(3,4)5/h15-18,36H,7-14H2,1-6H3,(H,28,29,30)(H,32,33,35)/t15?,16-,17?,27?/m1/s1. The lowest BCUT2D eigenvalue weighted by molar-refractivity contribution is -0.0573. The summed E-state index contributed by atoms with van der Waals surface area (Å²) in [5, 5.41) is 19.3. The Bertz CT molecular complexity index is 1300. The molecule has 2 saturated carbocycles. The average molecular weight is 512 g/mol. The molecule has 0 bridgehead atoms. The number of aromatic nitrogens is 6. The van der Waals surface area contributed by atoms with Crippen molar-refractivity contribution in [3.63, 3.8) is 0 Å². The fourth-order valence-electron chi connectivity index (χ4n) is 5.50. The van der Waals surface area contributed by atoms with Gasteiger partial charge in [0.1, 0.15) is 16.9 Å². The van der Waals surface area contributed by atoms with E-state index in [1.165, 1.54) is 32.1 Å². The van der Waals surface area contributed by atoms with Gasteiger partial charge in [0.15, 0.2) is 11.5 Å². The summed E-state index contributed by atoms with van der Waals surface area (Å²) in [7, 11) is 0. The molecule has 5 rings (SSSR count). The molecule has 10 nitrogen and oxygen atoms in total. The van der Waals surface area contributed by atoms with Gasteiger partial charge < -0.3 is 15.0 Å². The summed E-state index contributed by atoms with van der Waals surface area (Å²) < 4.78 is 6.89. The third kappa shape index (κ3) is 4.92. The summed E-state index contributed by atoms with van der Waals surface area (Å²) in [6.45, 7) is 13.2. The van der Waals surface area contributed by atoms with E-state index in [2.05, 4.69) is 33.9 Å². The highest BCUT2D eigenvalue weighted by molar-refractivity contribution is 5.86. The molecule has 0 aromatic carbocycles. The van der Waals surface area contributed by atoms with Crippen LogP contribution in [0.25, 0.3) is 22.8 Å². The fourth-order valence-corrected chi connectivity index (χ4v) is 5.50. The maximum Gasteiger partial charge on any atom is 0.439 e. The Morgan fingerprint density at radius 2 is 1.81 bits per heavy atom. The lowest BCUT2D eigenvalue weighted by Gasteiger charge is -2.37. The van der Waals surface area contributed by atoms with E-state index in [4.69, 9.17) is 19.5 Å². The Balaban J connectivity index is 1.69. The third-order valence-electron chi connectivity index (χ3n) is 8.95. The van der Waals surface area contributed by atoms with E-state index in [-0.39, 0.29) is 17.7 Å². The first-order valence-electron chi connectivity index (χ1n) is 13.8. The van der Waals surface area contributed by atoms with Crippen molar-refractivity contribution in [1.82, 2.24) is 29.7 Å². The second kappa shape index (κ2) is 9.53. The Hall–Kier alpha value is -2.75. The van der Waals surface area contributed by atoms with Crippen LogP contribution in [0.1, 0.15) is 92.3 Å². The van der Waals surface area contributed by atoms with Crippen molar-refractivity contribution in [3.8, 4) is 11.6 Å². The van der Waals surface area contributed by atoms with Crippen molar-refractivity contribution in [1.29, 1.82) is 0 Å². The van der Waals surface area contributed by atoms with Crippen LogP contribution in [-0.2, 0) is 12.1 Å². The first-order chi connectivity index (χ1) is 17.4. The highest BCUT2D eigenvalue weighted by Crippen LogP contribution is 2.42. The van der Waals surface area contributed by atoms with Crippen molar-refractivity contribution >= 4 is 17.0 Å². The summed E-state index contributed by atoms with van der Waals surface area (Å²) in [5.74, 6) is 2.80. The number of fused-ring (bicyclic) bond motifs is 1. The molecule has 0 aliphatic heterocycles. The van der Waals surface area contributed by atoms with Crippen LogP contribution in [0.3, 0.4) is 0 Å². The number of hydrogen-bond donors (Lipinski definition) is 3. The van der Waals surface area contributed by atoms with Gasteiger partial charge >= 0.3 is 5.76 Å². The minimum absolute atomic E-state index is 0.159. The van der Waals surface area contributed by atoms with E-state index in [9.17, 15) is 9.90 Å². The molecule has 2 fully saturated rings. The van der Waals surface area contributed by atoms with E-state index in [0.29, 0.717) is 29.1 Å². The molecule has 0 amide bonds. The van der Waals surface area contributed by atoms with Crippen molar-refractivity contribution in [3.05, 3.63) is 16.4 Å². The SMILES string of the molecule is CC1CCC(Cn2c(C(C)(O)C(C)(C)C)nc3nc(-c4noc(=O)[nH]4)nc(N[C@H](C)C4CCC4)c32)CC1. The van der Waals surface area contributed by atoms with Crippen LogP contribution in [0.4, 0.5) is 5.82 Å². The maximum atomic E-state index is 11.8. The second-order valence-electron chi connectivity index (χ2n) is 12.6. The molecule has 2 aliphatic rings. The molecule has 0 radical (unpaired) electrons. The third-order valence-corrected chi connectivity index (χ3v) is 8.95. The van der Waals surface area contributed by atoms with Gasteiger partial charge in [-0.25, -0.2) is 19.7 Å². The largest absolute Gasteiger partial charge is 0.439 e. The quantitative estimate of drug-likeness (QED) is 0.410. The van der Waals surface area contributed by atoms with Gasteiger partial charge in [0.05, 0.1) is 0 Å². The van der Waals surface area contributed by atoms with E-state index in [1.807, 2.05) is 27.7 Å². The topological polar surface area (TPSA) is 135 Å². The summed E-state index contributed by atoms with van der Waals surface area (Å²) in [5.41, 5.74) is -0.414. The number of hydrogen-bond acceptors (Lipinski definition) is 8. The second-order valence-corrected chi connectivity index (χ2v) is 12.6. The highest BCUT2D eigenvalue weighted by Gasteiger charge is 2.42. The summed E-state index contributed by atoms with van der Waals surface area (Å²) in [6.07, 6.45) is 8.36.